The minimum absolute atomic E-state index is 0.157. The second-order valence-corrected chi connectivity index (χ2v) is 4.79. The molecule has 0 aromatic carbocycles. The normalized spacial score (nSPS) is 12.0. The van der Waals surface area contributed by atoms with Gasteiger partial charge in [-0.2, -0.15) is 0 Å². The number of hydrogen-bond acceptors (Lipinski definition) is 3. The van der Waals surface area contributed by atoms with Crippen molar-refractivity contribution >= 4 is 23.5 Å². The van der Waals surface area contributed by atoms with Crippen LogP contribution >= 0.6 is 11.6 Å². The summed E-state index contributed by atoms with van der Waals surface area (Å²) in [5.41, 5.74) is 0.981. The molecule has 0 aliphatic heterocycles. The van der Waals surface area contributed by atoms with Crippen molar-refractivity contribution in [1.29, 1.82) is 0 Å². The Balaban J connectivity index is 3.07. The van der Waals surface area contributed by atoms with Gasteiger partial charge in [0.05, 0.1) is 0 Å². The van der Waals surface area contributed by atoms with E-state index in [9.17, 15) is 9.59 Å². The maximum Gasteiger partial charge on any atom is 0.323 e. The minimum atomic E-state index is -1.04. The number of amides is 1. The molecule has 0 radical (unpaired) electrons. The number of halogens is 1. The van der Waals surface area contributed by atoms with Crippen LogP contribution in [0.1, 0.15) is 36.3 Å². The predicted molar refractivity (Wildman–Crippen MR) is 72.4 cm³/mol. The summed E-state index contributed by atoms with van der Waals surface area (Å²) in [4.78, 5) is 28.5. The maximum atomic E-state index is 12.4. The highest BCUT2D eigenvalue weighted by molar-refractivity contribution is 6.29. The molecule has 0 bridgehead atoms. The number of carboxylic acid groups (broad SMARTS) is 1. The second-order valence-electron chi connectivity index (χ2n) is 4.40. The lowest BCUT2D eigenvalue weighted by Crippen LogP contribution is -2.41. The first-order valence-corrected chi connectivity index (χ1v) is 6.40. The Morgan fingerprint density at radius 2 is 2.11 bits per heavy atom. The smallest absolute Gasteiger partial charge is 0.323 e. The third-order valence-corrected chi connectivity index (χ3v) is 3.05. The van der Waals surface area contributed by atoms with Crippen LogP contribution in [0.4, 0.5) is 0 Å². The summed E-state index contributed by atoms with van der Waals surface area (Å²) in [6.45, 7) is 5.12. The lowest BCUT2D eigenvalue weighted by atomic mass is 10.1. The third-order valence-electron chi connectivity index (χ3n) is 2.86. The lowest BCUT2D eigenvalue weighted by molar-refractivity contribution is -0.138. The van der Waals surface area contributed by atoms with Gasteiger partial charge in [-0.25, -0.2) is 4.98 Å². The quantitative estimate of drug-likeness (QED) is 0.843. The summed E-state index contributed by atoms with van der Waals surface area (Å²) < 4.78 is 0. The average Bonchev–Trinajstić information content (AvgIpc) is 2.32. The highest BCUT2D eigenvalue weighted by Gasteiger charge is 2.23. The number of carbonyl (C=O) groups excluding carboxylic acids is 1. The molecular formula is C13H17ClN2O3. The van der Waals surface area contributed by atoms with Gasteiger partial charge in [0, 0.05) is 17.3 Å². The fourth-order valence-electron chi connectivity index (χ4n) is 1.71. The number of aliphatic carboxylic acids is 1. The van der Waals surface area contributed by atoms with Crippen molar-refractivity contribution < 1.29 is 14.7 Å². The molecule has 19 heavy (non-hydrogen) atoms. The SMILES string of the molecule is CCC(C)N(CC(=O)O)C(=O)c1cc(C)nc(Cl)c1. The summed E-state index contributed by atoms with van der Waals surface area (Å²) >= 11 is 5.82. The molecule has 0 saturated heterocycles. The number of aromatic nitrogens is 1. The molecule has 1 aromatic rings. The Kier molecular flexibility index (Phi) is 5.30. The summed E-state index contributed by atoms with van der Waals surface area (Å²) in [6, 6.07) is 2.90. The predicted octanol–water partition coefficient (Wildman–Crippen LogP) is 2.37. The second kappa shape index (κ2) is 6.52. The van der Waals surface area contributed by atoms with Gasteiger partial charge in [-0.15, -0.1) is 0 Å². The largest absolute Gasteiger partial charge is 0.480 e. The van der Waals surface area contributed by atoms with Crippen molar-refractivity contribution in [3.63, 3.8) is 0 Å². The summed E-state index contributed by atoms with van der Waals surface area (Å²) in [5.74, 6) is -1.38. The molecule has 1 amide bonds. The first-order chi connectivity index (χ1) is 8.85. The molecule has 1 unspecified atom stereocenters. The highest BCUT2D eigenvalue weighted by Crippen LogP contribution is 2.15. The van der Waals surface area contributed by atoms with Gasteiger partial charge in [-0.05, 0) is 32.4 Å². The number of nitrogens with zero attached hydrogens (tertiary/aromatic N) is 2. The molecule has 0 saturated carbocycles. The molecule has 1 atom stereocenters. The minimum Gasteiger partial charge on any atom is -0.480 e. The fraction of sp³-hybridized carbons (Fsp3) is 0.462. The van der Waals surface area contributed by atoms with Gasteiger partial charge in [0.25, 0.3) is 5.91 Å². The van der Waals surface area contributed by atoms with E-state index in [0.29, 0.717) is 17.7 Å². The van der Waals surface area contributed by atoms with Crippen LogP contribution in [0.15, 0.2) is 12.1 Å². The summed E-state index contributed by atoms with van der Waals surface area (Å²) in [5, 5.41) is 9.13. The van der Waals surface area contributed by atoms with E-state index in [1.54, 1.807) is 13.0 Å². The maximum absolute atomic E-state index is 12.4. The van der Waals surface area contributed by atoms with Crippen LogP contribution in [0.5, 0.6) is 0 Å². The van der Waals surface area contributed by atoms with Crippen molar-refractivity contribution in [2.45, 2.75) is 33.2 Å². The van der Waals surface area contributed by atoms with Gasteiger partial charge in [0.2, 0.25) is 0 Å². The molecular weight excluding hydrogens is 268 g/mol. The van der Waals surface area contributed by atoms with E-state index in [2.05, 4.69) is 4.98 Å². The van der Waals surface area contributed by atoms with Crippen molar-refractivity contribution in [3.05, 3.63) is 28.5 Å². The zero-order valence-electron chi connectivity index (χ0n) is 11.2. The molecule has 0 aliphatic carbocycles. The number of rotatable bonds is 5. The standard InChI is InChI=1S/C13H17ClN2O3/c1-4-9(3)16(7-12(17)18)13(19)10-5-8(2)15-11(14)6-10/h5-6,9H,4,7H2,1-3H3,(H,17,18). The van der Waals surface area contributed by atoms with Crippen LogP contribution in [0, 0.1) is 6.92 Å². The third kappa shape index (κ3) is 4.21. The van der Waals surface area contributed by atoms with E-state index in [-0.39, 0.29) is 23.6 Å². The van der Waals surface area contributed by atoms with E-state index in [1.807, 2.05) is 13.8 Å². The van der Waals surface area contributed by atoms with Crippen LogP contribution < -0.4 is 0 Å². The summed E-state index contributed by atoms with van der Waals surface area (Å²) in [7, 11) is 0. The van der Waals surface area contributed by atoms with E-state index in [0.717, 1.165) is 0 Å². The topological polar surface area (TPSA) is 70.5 Å². The molecule has 6 heteroatoms. The molecule has 0 aliphatic rings. The molecule has 1 N–H and O–H groups in total. The molecule has 104 valence electrons. The van der Waals surface area contributed by atoms with Crippen LogP contribution in [-0.2, 0) is 4.79 Å². The summed E-state index contributed by atoms with van der Waals surface area (Å²) in [6.07, 6.45) is 0.677. The molecule has 0 fully saturated rings. The lowest BCUT2D eigenvalue weighted by Gasteiger charge is -2.27. The van der Waals surface area contributed by atoms with Gasteiger partial charge >= 0.3 is 5.97 Å². The molecule has 0 spiro atoms. The van der Waals surface area contributed by atoms with Gasteiger partial charge < -0.3 is 10.0 Å². The van der Waals surface area contributed by atoms with Crippen LogP contribution in [0.2, 0.25) is 5.15 Å². The molecule has 5 nitrogen and oxygen atoms in total. The molecule has 1 aromatic heterocycles. The Hall–Kier alpha value is -1.62. The number of pyridine rings is 1. The Labute approximate surface area is 117 Å². The van der Waals surface area contributed by atoms with Gasteiger partial charge in [-0.1, -0.05) is 18.5 Å². The zero-order valence-corrected chi connectivity index (χ0v) is 11.9. The number of aryl methyl sites for hydroxylation is 1. The number of carbonyl (C=O) groups is 2. The van der Waals surface area contributed by atoms with E-state index in [1.165, 1.54) is 11.0 Å². The van der Waals surface area contributed by atoms with Crippen LogP contribution in [0.25, 0.3) is 0 Å². The van der Waals surface area contributed by atoms with E-state index >= 15 is 0 Å². The van der Waals surface area contributed by atoms with Gasteiger partial charge in [0.15, 0.2) is 0 Å². The fourth-order valence-corrected chi connectivity index (χ4v) is 1.96. The van der Waals surface area contributed by atoms with Crippen molar-refractivity contribution in [2.75, 3.05) is 6.54 Å². The van der Waals surface area contributed by atoms with Crippen LogP contribution in [0.3, 0.4) is 0 Å². The highest BCUT2D eigenvalue weighted by atomic mass is 35.5. The van der Waals surface area contributed by atoms with E-state index in [4.69, 9.17) is 16.7 Å². The zero-order chi connectivity index (χ0) is 14.6. The monoisotopic (exact) mass is 284 g/mol. The molecule has 1 heterocycles. The number of carboxylic acids is 1. The number of hydrogen-bond donors (Lipinski definition) is 1. The van der Waals surface area contributed by atoms with Crippen LogP contribution in [-0.4, -0.2) is 39.5 Å². The molecule has 1 rings (SSSR count). The van der Waals surface area contributed by atoms with Crippen molar-refractivity contribution in [2.24, 2.45) is 0 Å². The van der Waals surface area contributed by atoms with E-state index < -0.39 is 5.97 Å². The van der Waals surface area contributed by atoms with Gasteiger partial charge in [0.1, 0.15) is 11.7 Å². The first-order valence-electron chi connectivity index (χ1n) is 6.02. The Bertz CT molecular complexity index is 471. The Morgan fingerprint density at radius 3 is 2.58 bits per heavy atom. The van der Waals surface area contributed by atoms with Gasteiger partial charge in [-0.3, -0.25) is 9.59 Å². The first kappa shape index (κ1) is 15.4. The Morgan fingerprint density at radius 1 is 1.47 bits per heavy atom. The average molecular weight is 285 g/mol. The van der Waals surface area contributed by atoms with Crippen molar-refractivity contribution in [3.8, 4) is 0 Å². The van der Waals surface area contributed by atoms with Crippen molar-refractivity contribution in [1.82, 2.24) is 9.88 Å².